The number of aryl methyl sites for hydroxylation is 1. The zero-order valence-corrected chi connectivity index (χ0v) is 21.1. The number of carbonyl (C=O) groups is 4. The molecule has 0 aliphatic rings. The number of nitrogens with one attached hydrogen (secondary N) is 3. The van der Waals surface area contributed by atoms with Crippen molar-refractivity contribution in [3.05, 3.63) is 59.7 Å². The van der Waals surface area contributed by atoms with Crippen LogP contribution in [-0.4, -0.2) is 68.8 Å². The molecule has 0 heterocycles. The molecule has 11 heteroatoms. The lowest BCUT2D eigenvalue weighted by Gasteiger charge is -2.22. The molecule has 0 aromatic heterocycles. The summed E-state index contributed by atoms with van der Waals surface area (Å²) in [5.41, 5.74) is 1.58. The first-order chi connectivity index (χ1) is 17.8. The van der Waals surface area contributed by atoms with Gasteiger partial charge in [0.05, 0.1) is 27.2 Å². The largest absolute Gasteiger partial charge is 0.493 e. The summed E-state index contributed by atoms with van der Waals surface area (Å²) >= 11 is 0. The van der Waals surface area contributed by atoms with Crippen LogP contribution >= 0.6 is 0 Å². The number of hydrogen-bond donors (Lipinski definition) is 4. The minimum Gasteiger partial charge on any atom is -0.493 e. The molecule has 200 valence electrons. The van der Waals surface area contributed by atoms with Gasteiger partial charge in [-0.3, -0.25) is 19.2 Å². The van der Waals surface area contributed by atoms with Crippen molar-refractivity contribution in [3.63, 3.8) is 0 Å². The van der Waals surface area contributed by atoms with Gasteiger partial charge in [0.15, 0.2) is 11.5 Å². The summed E-state index contributed by atoms with van der Waals surface area (Å²) in [5, 5.41) is 16.9. The van der Waals surface area contributed by atoms with E-state index < -0.39 is 42.2 Å². The highest BCUT2D eigenvalue weighted by atomic mass is 16.5. The van der Waals surface area contributed by atoms with E-state index >= 15 is 0 Å². The third-order valence-electron chi connectivity index (χ3n) is 5.42. The number of rotatable bonds is 15. The van der Waals surface area contributed by atoms with E-state index in [0.29, 0.717) is 23.5 Å². The number of carboxylic acids is 1. The second-order valence-corrected chi connectivity index (χ2v) is 8.09. The van der Waals surface area contributed by atoms with Crippen LogP contribution < -0.4 is 25.4 Å². The summed E-state index contributed by atoms with van der Waals surface area (Å²) in [7, 11) is 4.34. The fourth-order valence-corrected chi connectivity index (χ4v) is 3.57. The van der Waals surface area contributed by atoms with Gasteiger partial charge in [0.2, 0.25) is 17.7 Å². The Morgan fingerprint density at radius 3 is 2.22 bits per heavy atom. The van der Waals surface area contributed by atoms with Crippen molar-refractivity contribution < 1.29 is 38.5 Å². The molecule has 11 nitrogen and oxygen atoms in total. The van der Waals surface area contributed by atoms with E-state index in [1.165, 1.54) is 21.3 Å². The van der Waals surface area contributed by atoms with Gasteiger partial charge in [0.25, 0.3) is 0 Å². The number of benzene rings is 2. The lowest BCUT2D eigenvalue weighted by Crippen LogP contribution is -2.55. The van der Waals surface area contributed by atoms with Gasteiger partial charge >= 0.3 is 5.97 Å². The van der Waals surface area contributed by atoms with Gasteiger partial charge in [0, 0.05) is 25.6 Å². The van der Waals surface area contributed by atoms with E-state index in [2.05, 4.69) is 16.0 Å². The summed E-state index contributed by atoms with van der Waals surface area (Å²) < 4.78 is 15.7. The number of methoxy groups -OCH3 is 3. The van der Waals surface area contributed by atoms with Crippen molar-refractivity contribution in [3.8, 4) is 11.5 Å². The van der Waals surface area contributed by atoms with Crippen molar-refractivity contribution in [2.75, 3.05) is 27.9 Å². The van der Waals surface area contributed by atoms with Crippen molar-refractivity contribution in [2.45, 2.75) is 37.9 Å². The lowest BCUT2D eigenvalue weighted by atomic mass is 10.1. The molecule has 2 aromatic rings. The normalized spacial score (nSPS) is 12.1. The first-order valence-corrected chi connectivity index (χ1v) is 11.6. The number of para-hydroxylation sites is 1. The molecule has 0 aliphatic carbocycles. The van der Waals surface area contributed by atoms with Crippen LogP contribution in [0.25, 0.3) is 0 Å². The van der Waals surface area contributed by atoms with E-state index in [1.54, 1.807) is 18.2 Å². The third-order valence-corrected chi connectivity index (χ3v) is 5.42. The predicted molar refractivity (Wildman–Crippen MR) is 134 cm³/mol. The topological polar surface area (TPSA) is 152 Å². The summed E-state index contributed by atoms with van der Waals surface area (Å²) in [6.45, 7) is -0.0986. The molecule has 2 aromatic carbocycles. The summed E-state index contributed by atoms with van der Waals surface area (Å²) in [5.74, 6) is -2.19. The van der Waals surface area contributed by atoms with Crippen LogP contribution in [0.4, 0.5) is 0 Å². The first kappa shape index (κ1) is 29.1. The summed E-state index contributed by atoms with van der Waals surface area (Å²) in [6.07, 6.45) is -0.153. The molecule has 2 rings (SSSR count). The van der Waals surface area contributed by atoms with Crippen LogP contribution in [0.5, 0.6) is 11.5 Å². The van der Waals surface area contributed by atoms with E-state index in [-0.39, 0.29) is 19.6 Å². The van der Waals surface area contributed by atoms with Gasteiger partial charge in [-0.15, -0.1) is 0 Å². The standard InChI is InChI=1S/C26H33N3O8/c1-35-16-20(25(33)27-15-18-10-7-11-21(36-2)24(18)37-3)29-26(34)19(14-23(31)32)28-22(30)13-12-17-8-5-4-6-9-17/h4-11,19-20H,12-16H2,1-3H3,(H,27,33)(H,28,30)(H,29,34)(H,31,32). The average molecular weight is 516 g/mol. The van der Waals surface area contributed by atoms with E-state index in [9.17, 15) is 24.3 Å². The summed E-state index contributed by atoms with van der Waals surface area (Å²) in [6, 6.07) is 12.0. The maximum Gasteiger partial charge on any atom is 0.305 e. The Morgan fingerprint density at radius 1 is 0.865 bits per heavy atom. The molecule has 2 unspecified atom stereocenters. The quantitative estimate of drug-likeness (QED) is 0.275. The molecule has 4 N–H and O–H groups in total. The first-order valence-electron chi connectivity index (χ1n) is 11.6. The average Bonchev–Trinajstić information content (AvgIpc) is 2.89. The van der Waals surface area contributed by atoms with Gasteiger partial charge in [-0.1, -0.05) is 42.5 Å². The minimum absolute atomic E-state index is 0.0672. The third kappa shape index (κ3) is 9.45. The monoisotopic (exact) mass is 515 g/mol. The second-order valence-electron chi connectivity index (χ2n) is 8.09. The van der Waals surface area contributed by atoms with Gasteiger partial charge in [0.1, 0.15) is 12.1 Å². The van der Waals surface area contributed by atoms with Crippen molar-refractivity contribution >= 4 is 23.7 Å². The number of hydrogen-bond acceptors (Lipinski definition) is 7. The highest BCUT2D eigenvalue weighted by molar-refractivity contribution is 5.94. The molecular formula is C26H33N3O8. The molecule has 0 spiro atoms. The zero-order chi connectivity index (χ0) is 27.2. The van der Waals surface area contributed by atoms with E-state index in [1.807, 2.05) is 30.3 Å². The number of carbonyl (C=O) groups excluding carboxylic acids is 3. The molecule has 0 aliphatic heterocycles. The highest BCUT2D eigenvalue weighted by Gasteiger charge is 2.28. The molecule has 3 amide bonds. The Balaban J connectivity index is 2.02. The maximum absolute atomic E-state index is 12.9. The Morgan fingerprint density at radius 2 is 1.59 bits per heavy atom. The fraction of sp³-hybridized carbons (Fsp3) is 0.385. The van der Waals surface area contributed by atoms with Gasteiger partial charge in [-0.05, 0) is 18.1 Å². The Labute approximate surface area is 215 Å². The Kier molecular flexibility index (Phi) is 11.9. The zero-order valence-electron chi connectivity index (χ0n) is 21.1. The van der Waals surface area contributed by atoms with Crippen molar-refractivity contribution in [1.29, 1.82) is 0 Å². The Hall–Kier alpha value is -4.12. The van der Waals surface area contributed by atoms with Gasteiger partial charge < -0.3 is 35.3 Å². The van der Waals surface area contributed by atoms with Crippen LogP contribution in [0, 0.1) is 0 Å². The van der Waals surface area contributed by atoms with E-state index in [0.717, 1.165) is 5.56 Å². The van der Waals surface area contributed by atoms with E-state index in [4.69, 9.17) is 14.2 Å². The SMILES string of the molecule is COCC(NC(=O)C(CC(=O)O)NC(=O)CCc1ccccc1)C(=O)NCc1cccc(OC)c1OC. The van der Waals surface area contributed by atoms with Crippen LogP contribution in [0.2, 0.25) is 0 Å². The number of amides is 3. The highest BCUT2D eigenvalue weighted by Crippen LogP contribution is 2.30. The van der Waals surface area contributed by atoms with Gasteiger partial charge in [-0.2, -0.15) is 0 Å². The molecular weight excluding hydrogens is 482 g/mol. The number of aliphatic carboxylic acids is 1. The Bertz CT molecular complexity index is 1060. The maximum atomic E-state index is 12.9. The smallest absolute Gasteiger partial charge is 0.305 e. The minimum atomic E-state index is -1.37. The molecule has 37 heavy (non-hydrogen) atoms. The van der Waals surface area contributed by atoms with Crippen molar-refractivity contribution in [2.24, 2.45) is 0 Å². The molecule has 0 bridgehead atoms. The van der Waals surface area contributed by atoms with Crippen molar-refractivity contribution in [1.82, 2.24) is 16.0 Å². The molecule has 2 atom stereocenters. The van der Waals surface area contributed by atoms with Crippen LogP contribution in [0.3, 0.4) is 0 Å². The predicted octanol–water partition coefficient (Wildman–Crippen LogP) is 1.04. The molecule has 0 saturated carbocycles. The lowest BCUT2D eigenvalue weighted by molar-refractivity contribution is -0.141. The van der Waals surface area contributed by atoms with Crippen LogP contribution in [0.1, 0.15) is 24.0 Å². The fourth-order valence-electron chi connectivity index (χ4n) is 3.57. The van der Waals surface area contributed by atoms with Crippen LogP contribution in [-0.2, 0) is 36.9 Å². The van der Waals surface area contributed by atoms with Gasteiger partial charge in [-0.25, -0.2) is 0 Å². The molecule has 0 fully saturated rings. The second kappa shape index (κ2) is 15.1. The number of ether oxygens (including phenoxy) is 3. The van der Waals surface area contributed by atoms with Crippen LogP contribution in [0.15, 0.2) is 48.5 Å². The summed E-state index contributed by atoms with van der Waals surface area (Å²) in [4.78, 5) is 49.5. The molecule has 0 saturated heterocycles. The number of carboxylic acid groups (broad SMARTS) is 1. The molecule has 0 radical (unpaired) electrons.